The average Bonchev–Trinajstić information content (AvgIpc) is 3.11. The van der Waals surface area contributed by atoms with Gasteiger partial charge < -0.3 is 15.2 Å². The highest BCUT2D eigenvalue weighted by atomic mass is 19.1. The third kappa shape index (κ3) is 3.76. The molecule has 8 heteroatoms. The number of nitrogen functional groups attached to an aromatic ring is 1. The zero-order valence-corrected chi connectivity index (χ0v) is 16.5. The molecule has 0 bridgehead atoms. The minimum absolute atomic E-state index is 0.116. The van der Waals surface area contributed by atoms with Crippen molar-refractivity contribution in [3.8, 4) is 5.75 Å². The minimum Gasteiger partial charge on any atom is -0.487 e. The second-order valence-electron chi connectivity index (χ2n) is 7.57. The van der Waals surface area contributed by atoms with E-state index in [1.165, 1.54) is 12.3 Å². The van der Waals surface area contributed by atoms with E-state index < -0.39 is 11.6 Å². The fourth-order valence-electron chi connectivity index (χ4n) is 3.55. The summed E-state index contributed by atoms with van der Waals surface area (Å²) in [6, 6.07) is 4.13. The van der Waals surface area contributed by atoms with Crippen LogP contribution in [-0.2, 0) is 11.3 Å². The van der Waals surface area contributed by atoms with Crippen LogP contribution in [0.5, 0.6) is 5.75 Å². The van der Waals surface area contributed by atoms with Crippen molar-refractivity contribution in [1.82, 2.24) is 14.8 Å². The first-order valence-corrected chi connectivity index (χ1v) is 9.80. The van der Waals surface area contributed by atoms with E-state index in [9.17, 15) is 8.78 Å². The highest BCUT2D eigenvalue weighted by Gasteiger charge is 2.23. The van der Waals surface area contributed by atoms with Crippen LogP contribution in [0.15, 0.2) is 24.4 Å². The Kier molecular flexibility index (Phi) is 5.36. The van der Waals surface area contributed by atoms with E-state index in [1.807, 2.05) is 10.7 Å². The Balaban J connectivity index is 1.65. The largest absolute Gasteiger partial charge is 0.487 e. The van der Waals surface area contributed by atoms with Gasteiger partial charge in [0.1, 0.15) is 18.2 Å². The predicted molar refractivity (Wildman–Crippen MR) is 106 cm³/mol. The number of halogens is 2. The molecular weight excluding hydrogens is 378 g/mol. The van der Waals surface area contributed by atoms with Crippen molar-refractivity contribution in [2.24, 2.45) is 0 Å². The van der Waals surface area contributed by atoms with Crippen LogP contribution in [0, 0.1) is 11.6 Å². The number of benzene rings is 1. The fraction of sp³-hybridized carbons (Fsp3) is 0.429. The monoisotopic (exact) mass is 402 g/mol. The van der Waals surface area contributed by atoms with Gasteiger partial charge in [0.25, 0.3) is 0 Å². The summed E-state index contributed by atoms with van der Waals surface area (Å²) in [7, 11) is 0. The summed E-state index contributed by atoms with van der Waals surface area (Å²) in [5.74, 6) is -0.923. The molecule has 0 radical (unpaired) electrons. The fourth-order valence-corrected chi connectivity index (χ4v) is 3.55. The van der Waals surface area contributed by atoms with E-state index in [4.69, 9.17) is 20.3 Å². The van der Waals surface area contributed by atoms with Gasteiger partial charge in [0.15, 0.2) is 17.7 Å². The van der Waals surface area contributed by atoms with E-state index in [-0.39, 0.29) is 30.0 Å². The molecule has 4 rings (SSSR count). The number of nitrogens with zero attached hydrogens (tertiary/aromatic N) is 3. The molecule has 1 unspecified atom stereocenters. The number of hydrogen-bond acceptors (Lipinski definition) is 5. The van der Waals surface area contributed by atoms with Crippen LogP contribution in [0.2, 0.25) is 0 Å². The van der Waals surface area contributed by atoms with Crippen LogP contribution >= 0.6 is 0 Å². The first kappa shape index (κ1) is 19.6. The number of nitrogens with two attached hydrogens (primary N) is 1. The van der Waals surface area contributed by atoms with Gasteiger partial charge in [-0.05, 0) is 43.4 Å². The lowest BCUT2D eigenvalue weighted by Crippen LogP contribution is -2.19. The maximum Gasteiger partial charge on any atom is 0.161 e. The Morgan fingerprint density at radius 1 is 1.31 bits per heavy atom. The Morgan fingerprint density at radius 3 is 2.86 bits per heavy atom. The topological polar surface area (TPSA) is 75.2 Å². The molecule has 0 amide bonds. The third-order valence-corrected chi connectivity index (χ3v) is 5.12. The number of aromatic nitrogens is 3. The second kappa shape index (κ2) is 7.94. The van der Waals surface area contributed by atoms with E-state index >= 15 is 0 Å². The van der Waals surface area contributed by atoms with E-state index in [1.54, 1.807) is 0 Å². The number of rotatable bonds is 5. The molecule has 6 nitrogen and oxygen atoms in total. The Hall–Kier alpha value is -2.74. The molecule has 2 aromatic heterocycles. The lowest BCUT2D eigenvalue weighted by atomic mass is 10.1. The Morgan fingerprint density at radius 2 is 2.14 bits per heavy atom. The first-order valence-electron chi connectivity index (χ1n) is 9.80. The maximum atomic E-state index is 14.1. The molecule has 154 valence electrons. The average molecular weight is 402 g/mol. The van der Waals surface area contributed by atoms with E-state index in [2.05, 4.69) is 18.8 Å². The van der Waals surface area contributed by atoms with Gasteiger partial charge in [-0.1, -0.05) is 13.8 Å². The van der Waals surface area contributed by atoms with Crippen LogP contribution in [0.3, 0.4) is 0 Å². The first-order chi connectivity index (χ1) is 14.0. The quantitative estimate of drug-likeness (QED) is 0.627. The molecular formula is C21H24F2N4O2. The number of fused-ring (bicyclic) bond motifs is 1. The molecule has 1 fully saturated rings. The molecule has 0 aliphatic carbocycles. The van der Waals surface area contributed by atoms with Gasteiger partial charge in [-0.3, -0.25) is 0 Å². The predicted octanol–water partition coefficient (Wildman–Crippen LogP) is 4.69. The summed E-state index contributed by atoms with van der Waals surface area (Å²) < 4.78 is 41.4. The van der Waals surface area contributed by atoms with Crippen molar-refractivity contribution in [3.05, 3.63) is 47.3 Å². The van der Waals surface area contributed by atoms with E-state index in [0.29, 0.717) is 18.0 Å². The maximum absolute atomic E-state index is 14.1. The van der Waals surface area contributed by atoms with Gasteiger partial charge in [0.05, 0.1) is 23.1 Å². The molecule has 1 saturated heterocycles. The summed E-state index contributed by atoms with van der Waals surface area (Å²) in [6.45, 7) is 4.53. The summed E-state index contributed by atoms with van der Waals surface area (Å²) in [4.78, 5) is 4.52. The van der Waals surface area contributed by atoms with Crippen molar-refractivity contribution in [2.45, 2.75) is 51.9 Å². The number of ether oxygens (including phenoxy) is 2. The zero-order valence-electron chi connectivity index (χ0n) is 16.5. The van der Waals surface area contributed by atoms with Crippen molar-refractivity contribution in [1.29, 1.82) is 0 Å². The highest BCUT2D eigenvalue weighted by Crippen LogP contribution is 2.32. The second-order valence-corrected chi connectivity index (χ2v) is 7.57. The number of hydrogen-bond donors (Lipinski definition) is 1. The Bertz CT molecular complexity index is 1030. The summed E-state index contributed by atoms with van der Waals surface area (Å²) >= 11 is 0. The lowest BCUT2D eigenvalue weighted by Gasteiger charge is -2.23. The molecule has 1 aromatic carbocycles. The highest BCUT2D eigenvalue weighted by molar-refractivity contribution is 5.80. The molecule has 3 aromatic rings. The zero-order chi connectivity index (χ0) is 20.5. The van der Waals surface area contributed by atoms with Crippen LogP contribution in [0.25, 0.3) is 11.0 Å². The lowest BCUT2D eigenvalue weighted by molar-refractivity contribution is -0.0372. The number of anilines is 1. The summed E-state index contributed by atoms with van der Waals surface area (Å²) in [6.07, 6.45) is 4.43. The van der Waals surface area contributed by atoms with Crippen LogP contribution in [-0.4, -0.2) is 21.4 Å². The molecule has 29 heavy (non-hydrogen) atoms. The van der Waals surface area contributed by atoms with Crippen molar-refractivity contribution < 1.29 is 18.3 Å². The van der Waals surface area contributed by atoms with Crippen LogP contribution in [0.1, 0.15) is 56.5 Å². The van der Waals surface area contributed by atoms with Crippen molar-refractivity contribution in [2.75, 3.05) is 12.3 Å². The normalized spacial score (nSPS) is 17.2. The molecule has 0 spiro atoms. The molecule has 3 heterocycles. The van der Waals surface area contributed by atoms with E-state index in [0.717, 1.165) is 36.4 Å². The van der Waals surface area contributed by atoms with Gasteiger partial charge in [-0.2, -0.15) is 5.10 Å². The van der Waals surface area contributed by atoms with Crippen molar-refractivity contribution in [3.63, 3.8) is 0 Å². The summed E-state index contributed by atoms with van der Waals surface area (Å²) in [5, 5.41) is 5.60. The molecule has 1 aliphatic rings. The smallest absolute Gasteiger partial charge is 0.161 e. The molecule has 1 aliphatic heterocycles. The Labute approximate surface area is 167 Å². The van der Waals surface area contributed by atoms with Gasteiger partial charge in [-0.25, -0.2) is 18.4 Å². The minimum atomic E-state index is -0.802. The summed E-state index contributed by atoms with van der Waals surface area (Å²) in [5.41, 5.74) is 6.80. The molecule has 1 atom stereocenters. The SMILES string of the molecule is CC(C)c1nn(C2CCCCO2)c2ncc(OCc3c(F)ccc(N)c3F)cc12. The standard InChI is InChI=1S/C21H24F2N4O2/c1-12(2)20-14-9-13(29-11-15-16(22)6-7-17(24)19(15)23)10-25-21(14)27(26-20)18-5-3-4-8-28-18/h6-7,9-10,12,18H,3-5,8,11,24H2,1-2H3. The van der Waals surface area contributed by atoms with Gasteiger partial charge >= 0.3 is 0 Å². The molecule has 0 saturated carbocycles. The molecule has 2 N–H and O–H groups in total. The number of pyridine rings is 1. The van der Waals surface area contributed by atoms with Gasteiger partial charge in [0.2, 0.25) is 0 Å². The van der Waals surface area contributed by atoms with Gasteiger partial charge in [0, 0.05) is 12.0 Å². The van der Waals surface area contributed by atoms with Crippen LogP contribution < -0.4 is 10.5 Å². The third-order valence-electron chi connectivity index (χ3n) is 5.12. The van der Waals surface area contributed by atoms with Crippen molar-refractivity contribution >= 4 is 16.7 Å². The van der Waals surface area contributed by atoms with Crippen LogP contribution in [0.4, 0.5) is 14.5 Å². The van der Waals surface area contributed by atoms with Gasteiger partial charge in [-0.15, -0.1) is 0 Å².